The molecular formula is C31H24Cl2Ti. The number of allylic oxidation sites excluding steroid dienone is 4. The minimum Gasteiger partial charge on any atom is -1.00 e. The Hall–Kier alpha value is -2.48. The maximum atomic E-state index is 2.44. The van der Waals surface area contributed by atoms with E-state index >= 15 is 0 Å². The van der Waals surface area contributed by atoms with Gasteiger partial charge in [0.25, 0.3) is 0 Å². The van der Waals surface area contributed by atoms with Crippen molar-refractivity contribution in [2.24, 2.45) is 0 Å². The molecule has 0 saturated carbocycles. The second-order valence-corrected chi connectivity index (χ2v) is 12.4. The van der Waals surface area contributed by atoms with Crippen molar-refractivity contribution in [2.45, 2.75) is 10.6 Å². The van der Waals surface area contributed by atoms with Gasteiger partial charge in [-0.1, -0.05) is 0 Å². The van der Waals surface area contributed by atoms with E-state index in [0.29, 0.717) is 4.22 Å². The minimum absolute atomic E-state index is 0. The molecule has 2 aliphatic rings. The summed E-state index contributed by atoms with van der Waals surface area (Å²) in [5.41, 5.74) is 8.62. The summed E-state index contributed by atoms with van der Waals surface area (Å²) in [5, 5.41) is 0. The molecule has 6 rings (SSSR count). The zero-order valence-corrected chi connectivity index (χ0v) is 21.7. The summed E-state index contributed by atoms with van der Waals surface area (Å²) in [6.45, 7) is 0. The van der Waals surface area contributed by atoms with Crippen molar-refractivity contribution in [2.75, 3.05) is 0 Å². The van der Waals surface area contributed by atoms with E-state index < -0.39 is 17.4 Å². The first-order valence-electron chi connectivity index (χ1n) is 11.3. The predicted octanol–water partition coefficient (Wildman–Crippen LogP) is 0.693. The van der Waals surface area contributed by atoms with Gasteiger partial charge in [0, 0.05) is 0 Å². The molecule has 4 aromatic carbocycles. The van der Waals surface area contributed by atoms with Gasteiger partial charge in [0.2, 0.25) is 0 Å². The van der Waals surface area contributed by atoms with Gasteiger partial charge in [-0.15, -0.1) is 0 Å². The van der Waals surface area contributed by atoms with Gasteiger partial charge in [-0.05, 0) is 0 Å². The first-order valence-corrected chi connectivity index (χ1v) is 13.8. The molecule has 34 heavy (non-hydrogen) atoms. The number of hydrogen-bond donors (Lipinski definition) is 0. The van der Waals surface area contributed by atoms with Gasteiger partial charge in [-0.25, -0.2) is 0 Å². The zero-order valence-electron chi connectivity index (χ0n) is 18.7. The van der Waals surface area contributed by atoms with Crippen LogP contribution >= 0.6 is 0 Å². The van der Waals surface area contributed by atoms with E-state index in [1.54, 1.807) is 13.2 Å². The monoisotopic (exact) mass is 514 g/mol. The summed E-state index contributed by atoms with van der Waals surface area (Å²) >= 11 is -2.02. The molecule has 4 aromatic rings. The van der Waals surface area contributed by atoms with E-state index in [9.17, 15) is 0 Å². The average molecular weight is 515 g/mol. The number of benzene rings is 4. The van der Waals surface area contributed by atoms with Crippen LogP contribution in [0.3, 0.4) is 0 Å². The van der Waals surface area contributed by atoms with Crippen LogP contribution in [-0.4, -0.2) is 3.81 Å². The third-order valence-corrected chi connectivity index (χ3v) is 11.6. The smallest absolute Gasteiger partial charge is 1.00 e. The first kappa shape index (κ1) is 24.6. The van der Waals surface area contributed by atoms with E-state index in [0.717, 1.165) is 6.42 Å². The summed E-state index contributed by atoms with van der Waals surface area (Å²) < 4.78 is 3.68. The number of fused-ring (bicyclic) bond motifs is 3. The van der Waals surface area contributed by atoms with Crippen molar-refractivity contribution in [3.8, 4) is 11.1 Å². The molecule has 2 aliphatic carbocycles. The molecule has 0 saturated heterocycles. The maximum Gasteiger partial charge on any atom is -1.00 e. The van der Waals surface area contributed by atoms with Gasteiger partial charge < -0.3 is 24.8 Å². The van der Waals surface area contributed by atoms with E-state index in [2.05, 4.69) is 127 Å². The summed E-state index contributed by atoms with van der Waals surface area (Å²) in [7, 11) is 0. The van der Waals surface area contributed by atoms with Gasteiger partial charge in [0.15, 0.2) is 0 Å². The Morgan fingerprint density at radius 3 is 1.79 bits per heavy atom. The fourth-order valence-electron chi connectivity index (χ4n) is 5.20. The van der Waals surface area contributed by atoms with Gasteiger partial charge >= 0.3 is 197 Å². The Labute approximate surface area is 220 Å². The van der Waals surface area contributed by atoms with Crippen LogP contribution < -0.4 is 28.7 Å². The predicted molar refractivity (Wildman–Crippen MR) is 132 cm³/mol. The standard InChI is InChI=1S/C13H9.C13H10.C5H5.2ClH.Ti/c1-3-7-12-10(5-1)9-11-6-2-4-8-13(11)12;1-3-7-12(8-4-1)11-13-9-5-2-6-10-13;1-2-4-5-3-1;;;/h1-5,7-8H,9H2;1-10H;1-5H;2*1H;/q;;;;;+2/p-2. The second kappa shape index (κ2) is 10.8. The SMILES string of the molecule is C1=C[CH]([Ti+2](=[C](c2ccccc2)c2ccccc2)[c]2cccc3c2Cc2ccccc2-3)C=C1.[Cl-].[Cl-]. The molecule has 0 N–H and O–H groups in total. The zero-order chi connectivity index (χ0) is 21.3. The Bertz CT molecular complexity index is 1330. The quantitative estimate of drug-likeness (QED) is 0.310. The van der Waals surface area contributed by atoms with Crippen LogP contribution in [0.2, 0.25) is 4.22 Å². The third-order valence-electron chi connectivity index (χ3n) is 6.62. The molecular weight excluding hydrogens is 491 g/mol. The van der Waals surface area contributed by atoms with Crippen LogP contribution in [-0.2, 0) is 23.8 Å². The fraction of sp³-hybridized carbons (Fsp3) is 0.0645. The van der Waals surface area contributed by atoms with Crippen molar-refractivity contribution in [1.29, 1.82) is 0 Å². The van der Waals surface area contributed by atoms with Crippen molar-refractivity contribution < 1.29 is 42.2 Å². The normalized spacial score (nSPS) is 12.7. The Balaban J connectivity index is 0.00000137. The molecule has 0 bridgehead atoms. The van der Waals surface area contributed by atoms with Crippen LogP contribution in [0.15, 0.2) is 127 Å². The number of rotatable bonds is 4. The molecule has 0 aliphatic heterocycles. The molecule has 0 heterocycles. The van der Waals surface area contributed by atoms with Crippen LogP contribution in [0.1, 0.15) is 22.3 Å². The molecule has 0 spiro atoms. The minimum atomic E-state index is -2.02. The van der Waals surface area contributed by atoms with E-state index in [-0.39, 0.29) is 24.8 Å². The van der Waals surface area contributed by atoms with Gasteiger partial charge in [0.05, 0.1) is 0 Å². The van der Waals surface area contributed by atoms with Crippen molar-refractivity contribution in [1.82, 2.24) is 0 Å². The molecule has 0 nitrogen and oxygen atoms in total. The van der Waals surface area contributed by atoms with Crippen LogP contribution in [0.5, 0.6) is 0 Å². The summed E-state index contributed by atoms with van der Waals surface area (Å²) in [4.78, 5) is 0. The van der Waals surface area contributed by atoms with Crippen molar-refractivity contribution in [3.05, 3.63) is 150 Å². The molecule has 0 unspecified atom stereocenters. The molecule has 0 amide bonds. The Morgan fingerprint density at radius 1 is 0.588 bits per heavy atom. The van der Waals surface area contributed by atoms with Gasteiger partial charge in [-0.2, -0.15) is 0 Å². The molecule has 0 atom stereocenters. The average Bonchev–Trinajstić information content (AvgIpc) is 3.52. The topological polar surface area (TPSA) is 0 Å². The van der Waals surface area contributed by atoms with Crippen LogP contribution in [0.25, 0.3) is 11.1 Å². The third kappa shape index (κ3) is 4.44. The molecule has 166 valence electrons. The van der Waals surface area contributed by atoms with Crippen LogP contribution in [0, 0.1) is 0 Å². The Morgan fingerprint density at radius 2 is 1.15 bits per heavy atom. The number of hydrogen-bond acceptors (Lipinski definition) is 0. The van der Waals surface area contributed by atoms with Crippen molar-refractivity contribution in [3.63, 3.8) is 0 Å². The van der Waals surface area contributed by atoms with Crippen LogP contribution in [0.4, 0.5) is 0 Å². The summed E-state index contributed by atoms with van der Waals surface area (Å²) in [6.07, 6.45) is 10.4. The number of halogens is 2. The van der Waals surface area contributed by atoms with E-state index in [4.69, 9.17) is 0 Å². The van der Waals surface area contributed by atoms with Gasteiger partial charge in [-0.3, -0.25) is 0 Å². The fourth-order valence-corrected chi connectivity index (χ4v) is 10.4. The molecule has 0 radical (unpaired) electrons. The van der Waals surface area contributed by atoms with Gasteiger partial charge in [0.1, 0.15) is 0 Å². The van der Waals surface area contributed by atoms with E-state index in [1.165, 1.54) is 27.8 Å². The summed E-state index contributed by atoms with van der Waals surface area (Å²) in [6, 6.07) is 38.2. The maximum absolute atomic E-state index is 2.44. The second-order valence-electron chi connectivity index (χ2n) is 8.48. The summed E-state index contributed by atoms with van der Waals surface area (Å²) in [5.74, 6) is 0. The van der Waals surface area contributed by atoms with E-state index in [1.807, 2.05) is 0 Å². The molecule has 0 aromatic heterocycles. The molecule has 3 heteroatoms. The molecule has 0 fully saturated rings. The largest absolute Gasteiger partial charge is 1.00 e. The van der Waals surface area contributed by atoms with Crippen molar-refractivity contribution >= 4 is 7.68 Å². The first-order chi connectivity index (χ1) is 15.9. The Kier molecular flexibility index (Phi) is 7.86.